The highest BCUT2D eigenvalue weighted by Gasteiger charge is 2.32. The van der Waals surface area contributed by atoms with Crippen LogP contribution < -0.4 is 10.0 Å². The van der Waals surface area contributed by atoms with Crippen LogP contribution in [0, 0.1) is 12.8 Å². The molecule has 0 saturated carbocycles. The van der Waals surface area contributed by atoms with Gasteiger partial charge in [-0.05, 0) is 51.3 Å². The van der Waals surface area contributed by atoms with E-state index in [2.05, 4.69) is 10.0 Å². The normalized spacial score (nSPS) is 19.6. The maximum Gasteiger partial charge on any atom is 0.241 e. The minimum Gasteiger partial charge on any atom is -0.340 e. The number of nitrogens with one attached hydrogen (secondary N) is 2. The van der Waals surface area contributed by atoms with E-state index in [-0.39, 0.29) is 22.8 Å². The average Bonchev–Trinajstić information content (AvgIpc) is 2.60. The Bertz CT molecular complexity index is 701. The molecule has 1 aromatic rings. The monoisotopic (exact) mass is 381 g/mol. The van der Waals surface area contributed by atoms with Crippen molar-refractivity contribution in [2.24, 2.45) is 5.92 Å². The van der Waals surface area contributed by atoms with E-state index in [1.54, 1.807) is 29.2 Å². The van der Waals surface area contributed by atoms with Gasteiger partial charge in [0.1, 0.15) is 6.04 Å². The summed E-state index contributed by atoms with van der Waals surface area (Å²) in [5.41, 5.74) is 0.991. The first-order chi connectivity index (χ1) is 12.2. The molecule has 1 aromatic carbocycles. The molecule has 1 heterocycles. The summed E-state index contributed by atoms with van der Waals surface area (Å²) in [6.45, 7) is 7.19. The molecule has 7 heteroatoms. The number of aryl methyl sites for hydroxylation is 1. The van der Waals surface area contributed by atoms with Gasteiger partial charge in [0.25, 0.3) is 0 Å². The van der Waals surface area contributed by atoms with Crippen LogP contribution in [0.1, 0.15) is 38.7 Å². The summed E-state index contributed by atoms with van der Waals surface area (Å²) in [7, 11) is -1.84. The van der Waals surface area contributed by atoms with Crippen LogP contribution in [0.15, 0.2) is 29.2 Å². The molecule has 0 aromatic heterocycles. The number of rotatable bonds is 7. The second kappa shape index (κ2) is 8.97. The van der Waals surface area contributed by atoms with E-state index in [4.69, 9.17) is 0 Å². The molecule has 146 valence electrons. The summed E-state index contributed by atoms with van der Waals surface area (Å²) < 4.78 is 28.1. The van der Waals surface area contributed by atoms with E-state index in [0.29, 0.717) is 19.5 Å². The van der Waals surface area contributed by atoms with E-state index in [1.165, 1.54) is 0 Å². The first-order valence-electron chi connectivity index (χ1n) is 9.28. The van der Waals surface area contributed by atoms with Crippen molar-refractivity contribution < 1.29 is 13.2 Å². The number of hydrogen-bond donors (Lipinski definition) is 2. The molecule has 0 aliphatic carbocycles. The molecule has 1 aliphatic rings. The Hall–Kier alpha value is -1.44. The number of amides is 1. The minimum atomic E-state index is -3.74. The van der Waals surface area contributed by atoms with Gasteiger partial charge >= 0.3 is 0 Å². The van der Waals surface area contributed by atoms with Crippen molar-refractivity contribution in [2.75, 3.05) is 20.1 Å². The standard InChI is InChI=1S/C19H31N3O3S/c1-14(2)12-18(19(23)22-11-5-6-16(13-22)20-4)21-26(24,25)17-9-7-15(3)8-10-17/h7-10,14,16,18,20-21H,5-6,11-13H2,1-4H3. The molecule has 2 N–H and O–H groups in total. The number of sulfonamides is 1. The summed E-state index contributed by atoms with van der Waals surface area (Å²) in [6, 6.07) is 6.20. The molecule has 0 bridgehead atoms. The van der Waals surface area contributed by atoms with Crippen LogP contribution in [-0.2, 0) is 14.8 Å². The molecule has 2 atom stereocenters. The highest BCUT2D eigenvalue weighted by Crippen LogP contribution is 2.17. The van der Waals surface area contributed by atoms with E-state index in [1.807, 2.05) is 27.8 Å². The number of likely N-dealkylation sites (N-methyl/N-ethyl adjacent to an activating group) is 1. The summed E-state index contributed by atoms with van der Waals surface area (Å²) in [5.74, 6) is 0.0730. The van der Waals surface area contributed by atoms with Gasteiger partial charge in [-0.1, -0.05) is 31.5 Å². The molecule has 1 saturated heterocycles. The van der Waals surface area contributed by atoms with Crippen molar-refractivity contribution >= 4 is 15.9 Å². The number of nitrogens with zero attached hydrogens (tertiary/aromatic N) is 1. The molecule has 1 fully saturated rings. The van der Waals surface area contributed by atoms with Gasteiger partial charge in [-0.15, -0.1) is 0 Å². The van der Waals surface area contributed by atoms with Gasteiger partial charge in [0.2, 0.25) is 15.9 Å². The predicted octanol–water partition coefficient (Wildman–Crippen LogP) is 1.90. The van der Waals surface area contributed by atoms with Crippen molar-refractivity contribution in [1.82, 2.24) is 14.9 Å². The molecule has 0 radical (unpaired) electrons. The topological polar surface area (TPSA) is 78.5 Å². The highest BCUT2D eigenvalue weighted by molar-refractivity contribution is 7.89. The first kappa shape index (κ1) is 20.9. The third-order valence-corrected chi connectivity index (χ3v) is 6.26. The van der Waals surface area contributed by atoms with Crippen molar-refractivity contribution in [1.29, 1.82) is 0 Å². The number of piperidine rings is 1. The zero-order valence-electron chi connectivity index (χ0n) is 16.2. The SMILES string of the molecule is CNC1CCCN(C(=O)C(CC(C)C)NS(=O)(=O)c2ccc(C)cc2)C1. The van der Waals surface area contributed by atoms with E-state index < -0.39 is 16.1 Å². The van der Waals surface area contributed by atoms with Gasteiger partial charge in [0.05, 0.1) is 4.90 Å². The molecule has 2 unspecified atom stereocenters. The van der Waals surface area contributed by atoms with Crippen molar-refractivity contribution in [3.63, 3.8) is 0 Å². The highest BCUT2D eigenvalue weighted by atomic mass is 32.2. The zero-order chi connectivity index (χ0) is 19.3. The minimum absolute atomic E-state index is 0.130. The van der Waals surface area contributed by atoms with Gasteiger partial charge < -0.3 is 10.2 Å². The molecule has 6 nitrogen and oxygen atoms in total. The fourth-order valence-electron chi connectivity index (χ4n) is 3.28. The second-order valence-corrected chi connectivity index (χ2v) is 9.24. The fraction of sp³-hybridized carbons (Fsp3) is 0.632. The Morgan fingerprint density at radius 1 is 1.27 bits per heavy atom. The maximum absolute atomic E-state index is 13.0. The van der Waals surface area contributed by atoms with Crippen LogP contribution >= 0.6 is 0 Å². The molecule has 26 heavy (non-hydrogen) atoms. The van der Waals surface area contributed by atoms with Gasteiger partial charge in [0.15, 0.2) is 0 Å². The van der Waals surface area contributed by atoms with Crippen LogP contribution in [0.3, 0.4) is 0 Å². The van der Waals surface area contributed by atoms with Crippen LogP contribution in [0.25, 0.3) is 0 Å². The molecular formula is C19H31N3O3S. The van der Waals surface area contributed by atoms with E-state index in [9.17, 15) is 13.2 Å². The second-order valence-electron chi connectivity index (χ2n) is 7.53. The van der Waals surface area contributed by atoms with Gasteiger partial charge in [-0.25, -0.2) is 8.42 Å². The zero-order valence-corrected chi connectivity index (χ0v) is 17.0. The lowest BCUT2D eigenvalue weighted by Crippen LogP contribution is -2.54. The fourth-order valence-corrected chi connectivity index (χ4v) is 4.48. The van der Waals surface area contributed by atoms with E-state index >= 15 is 0 Å². The Morgan fingerprint density at radius 2 is 1.92 bits per heavy atom. The van der Waals surface area contributed by atoms with Crippen LogP contribution in [-0.4, -0.2) is 51.4 Å². The van der Waals surface area contributed by atoms with Gasteiger partial charge in [-0.3, -0.25) is 4.79 Å². The van der Waals surface area contributed by atoms with Crippen molar-refractivity contribution in [3.05, 3.63) is 29.8 Å². The van der Waals surface area contributed by atoms with Crippen LogP contribution in [0.2, 0.25) is 0 Å². The molecular weight excluding hydrogens is 350 g/mol. The summed E-state index contributed by atoms with van der Waals surface area (Å²) in [4.78, 5) is 15.0. The maximum atomic E-state index is 13.0. The number of carbonyl (C=O) groups is 1. The quantitative estimate of drug-likeness (QED) is 0.756. The van der Waals surface area contributed by atoms with Gasteiger partial charge in [-0.2, -0.15) is 4.72 Å². The predicted molar refractivity (Wildman–Crippen MR) is 103 cm³/mol. The Labute approximate surface area is 157 Å². The Balaban J connectivity index is 2.18. The third-order valence-electron chi connectivity index (χ3n) is 4.78. The molecule has 2 rings (SSSR count). The van der Waals surface area contributed by atoms with Gasteiger partial charge in [0, 0.05) is 19.1 Å². The molecule has 1 amide bonds. The van der Waals surface area contributed by atoms with Crippen LogP contribution in [0.4, 0.5) is 0 Å². The van der Waals surface area contributed by atoms with Crippen LogP contribution in [0.5, 0.6) is 0 Å². The van der Waals surface area contributed by atoms with Crippen molar-refractivity contribution in [2.45, 2.75) is 57.0 Å². The molecule has 0 spiro atoms. The Kier molecular flexibility index (Phi) is 7.20. The third kappa shape index (κ3) is 5.53. The number of likely N-dealkylation sites (tertiary alicyclic amines) is 1. The van der Waals surface area contributed by atoms with E-state index in [0.717, 1.165) is 18.4 Å². The molecule has 1 aliphatic heterocycles. The lowest BCUT2D eigenvalue weighted by Gasteiger charge is -2.35. The summed E-state index contributed by atoms with van der Waals surface area (Å²) in [5, 5.41) is 3.22. The summed E-state index contributed by atoms with van der Waals surface area (Å²) >= 11 is 0. The Morgan fingerprint density at radius 3 is 2.50 bits per heavy atom. The lowest BCUT2D eigenvalue weighted by molar-refractivity contribution is -0.134. The number of hydrogen-bond acceptors (Lipinski definition) is 4. The first-order valence-corrected chi connectivity index (χ1v) is 10.8. The summed E-state index contributed by atoms with van der Waals surface area (Å²) in [6.07, 6.45) is 2.44. The number of benzene rings is 1. The average molecular weight is 382 g/mol. The smallest absolute Gasteiger partial charge is 0.241 e. The van der Waals surface area contributed by atoms with Crippen molar-refractivity contribution in [3.8, 4) is 0 Å². The number of carbonyl (C=O) groups excluding carboxylic acids is 1. The lowest BCUT2D eigenvalue weighted by atomic mass is 10.0. The largest absolute Gasteiger partial charge is 0.340 e.